The summed E-state index contributed by atoms with van der Waals surface area (Å²) < 4.78 is 49.3. The third kappa shape index (κ3) is 8.10. The molecule has 1 aromatic carbocycles. The van der Waals surface area contributed by atoms with Gasteiger partial charge < -0.3 is 20.1 Å². The number of aliphatic imine (C=N–C) groups is 1. The fraction of sp³-hybridized carbons (Fsp3) is 0.650. The smallest absolute Gasteiger partial charge is 0.391 e. The highest BCUT2D eigenvalue weighted by atomic mass is 127. The highest BCUT2D eigenvalue weighted by Gasteiger charge is 2.41. The molecule has 1 aliphatic carbocycles. The minimum atomic E-state index is -4.09. The van der Waals surface area contributed by atoms with Gasteiger partial charge in [0, 0.05) is 12.6 Å². The summed E-state index contributed by atoms with van der Waals surface area (Å²) in [7, 11) is 1.59. The van der Waals surface area contributed by atoms with Crippen molar-refractivity contribution < 1.29 is 22.6 Å². The third-order valence-corrected chi connectivity index (χ3v) is 4.82. The third-order valence-electron chi connectivity index (χ3n) is 4.82. The molecule has 0 spiro atoms. The van der Waals surface area contributed by atoms with Gasteiger partial charge in [0.1, 0.15) is 0 Å². The zero-order chi connectivity index (χ0) is 20.6. The summed E-state index contributed by atoms with van der Waals surface area (Å²) in [4.78, 5) is 4.58. The van der Waals surface area contributed by atoms with Crippen LogP contribution in [0.5, 0.6) is 11.5 Å². The second-order valence-electron chi connectivity index (χ2n) is 6.85. The Morgan fingerprint density at radius 2 is 1.83 bits per heavy atom. The van der Waals surface area contributed by atoms with Crippen LogP contribution in [0.4, 0.5) is 13.2 Å². The highest BCUT2D eigenvalue weighted by Crippen LogP contribution is 2.37. The van der Waals surface area contributed by atoms with Crippen LogP contribution >= 0.6 is 24.0 Å². The molecule has 0 amide bonds. The van der Waals surface area contributed by atoms with Crippen molar-refractivity contribution in [2.45, 2.75) is 58.3 Å². The van der Waals surface area contributed by atoms with E-state index in [9.17, 15) is 13.2 Å². The van der Waals surface area contributed by atoms with Crippen LogP contribution in [0.25, 0.3) is 0 Å². The Kier molecular flexibility index (Phi) is 10.9. The number of nitrogens with one attached hydrogen (secondary N) is 2. The van der Waals surface area contributed by atoms with Gasteiger partial charge in [-0.1, -0.05) is 6.07 Å². The van der Waals surface area contributed by atoms with E-state index in [4.69, 9.17) is 9.47 Å². The summed E-state index contributed by atoms with van der Waals surface area (Å²) in [5.41, 5.74) is 0.960. The number of ether oxygens (including phenoxy) is 2. The molecule has 29 heavy (non-hydrogen) atoms. The van der Waals surface area contributed by atoms with Gasteiger partial charge in [-0.3, -0.25) is 0 Å². The molecule has 166 valence electrons. The van der Waals surface area contributed by atoms with E-state index in [-0.39, 0.29) is 42.9 Å². The lowest BCUT2D eigenvalue weighted by Crippen LogP contribution is -2.45. The molecule has 9 heteroatoms. The Morgan fingerprint density at radius 1 is 1.14 bits per heavy atom. The highest BCUT2D eigenvalue weighted by molar-refractivity contribution is 14.0. The van der Waals surface area contributed by atoms with Gasteiger partial charge in [-0.25, -0.2) is 4.99 Å². The first kappa shape index (κ1) is 25.6. The molecule has 0 atom stereocenters. The van der Waals surface area contributed by atoms with Crippen LogP contribution in [0.3, 0.4) is 0 Å². The van der Waals surface area contributed by atoms with Crippen LogP contribution < -0.4 is 20.1 Å². The van der Waals surface area contributed by atoms with Crippen LogP contribution in [0.1, 0.15) is 45.1 Å². The zero-order valence-corrected chi connectivity index (χ0v) is 19.5. The van der Waals surface area contributed by atoms with E-state index in [2.05, 4.69) is 15.6 Å². The zero-order valence-electron chi connectivity index (χ0n) is 17.1. The number of hydrogen-bond donors (Lipinski definition) is 2. The quantitative estimate of drug-likeness (QED) is 0.300. The molecule has 2 N–H and O–H groups in total. The molecule has 0 heterocycles. The standard InChI is InChI=1S/C20H30F3N3O2.HI/c1-4-24-19(26-16-9-7-15(8-10-16)20(21,22)23)25-13-14-6-11-17(27-3)18(12-14)28-5-2;/h6,11-12,15-16H,4-5,7-10,13H2,1-3H3,(H2,24,25,26);1H. The van der Waals surface area contributed by atoms with Crippen LogP contribution in [0, 0.1) is 5.92 Å². The van der Waals surface area contributed by atoms with E-state index in [0.29, 0.717) is 50.0 Å². The van der Waals surface area contributed by atoms with Crippen LogP contribution in [0.2, 0.25) is 0 Å². The van der Waals surface area contributed by atoms with Gasteiger partial charge in [0.25, 0.3) is 0 Å². The molecular weight excluding hydrogens is 498 g/mol. The largest absolute Gasteiger partial charge is 0.493 e. The van der Waals surface area contributed by atoms with Crippen molar-refractivity contribution in [1.82, 2.24) is 10.6 Å². The van der Waals surface area contributed by atoms with E-state index in [0.717, 1.165) is 5.56 Å². The van der Waals surface area contributed by atoms with E-state index < -0.39 is 12.1 Å². The SMILES string of the molecule is CCNC(=NCc1ccc(OC)c(OCC)c1)NC1CCC(C(F)(F)F)CC1.I. The average Bonchev–Trinajstić information content (AvgIpc) is 2.66. The van der Waals surface area contributed by atoms with Crippen molar-refractivity contribution in [2.24, 2.45) is 10.9 Å². The molecule has 0 bridgehead atoms. The van der Waals surface area contributed by atoms with Crippen LogP contribution in [0.15, 0.2) is 23.2 Å². The minimum absolute atomic E-state index is 0. The number of methoxy groups -OCH3 is 1. The molecule has 1 fully saturated rings. The lowest BCUT2D eigenvalue weighted by atomic mass is 9.85. The van der Waals surface area contributed by atoms with Crippen molar-refractivity contribution in [3.63, 3.8) is 0 Å². The van der Waals surface area contributed by atoms with Crippen LogP contribution in [-0.4, -0.2) is 38.4 Å². The summed E-state index contributed by atoms with van der Waals surface area (Å²) in [6, 6.07) is 5.66. The molecular formula is C20H31F3IN3O2. The number of halogens is 4. The van der Waals surface area contributed by atoms with Crippen LogP contribution in [-0.2, 0) is 6.54 Å². The second kappa shape index (κ2) is 12.3. The molecule has 0 saturated heterocycles. The molecule has 0 radical (unpaired) electrons. The summed E-state index contributed by atoms with van der Waals surface area (Å²) in [6.45, 7) is 5.50. The Bertz CT molecular complexity index is 648. The fourth-order valence-corrected chi connectivity index (χ4v) is 3.34. The maximum absolute atomic E-state index is 12.8. The molecule has 2 rings (SSSR count). The summed E-state index contributed by atoms with van der Waals surface area (Å²) in [6.07, 6.45) is -2.78. The molecule has 1 aliphatic rings. The predicted octanol–water partition coefficient (Wildman–Crippen LogP) is 4.89. The lowest BCUT2D eigenvalue weighted by Gasteiger charge is -2.31. The van der Waals surface area contributed by atoms with Crippen molar-refractivity contribution >= 4 is 29.9 Å². The molecule has 5 nitrogen and oxygen atoms in total. The van der Waals surface area contributed by atoms with Crippen molar-refractivity contribution in [3.8, 4) is 11.5 Å². The monoisotopic (exact) mass is 529 g/mol. The lowest BCUT2D eigenvalue weighted by molar-refractivity contribution is -0.182. The number of guanidine groups is 1. The number of benzene rings is 1. The summed E-state index contributed by atoms with van der Waals surface area (Å²) >= 11 is 0. The van der Waals surface area contributed by atoms with E-state index in [1.807, 2.05) is 32.0 Å². The Labute approximate surface area is 187 Å². The van der Waals surface area contributed by atoms with Gasteiger partial charge >= 0.3 is 6.18 Å². The van der Waals surface area contributed by atoms with Gasteiger partial charge in [-0.05, 0) is 57.2 Å². The van der Waals surface area contributed by atoms with Gasteiger partial charge in [-0.15, -0.1) is 24.0 Å². The minimum Gasteiger partial charge on any atom is -0.493 e. The topological polar surface area (TPSA) is 54.9 Å². The summed E-state index contributed by atoms with van der Waals surface area (Å²) in [5, 5.41) is 6.44. The fourth-order valence-electron chi connectivity index (χ4n) is 3.34. The molecule has 0 aromatic heterocycles. The van der Waals surface area contributed by atoms with Gasteiger partial charge in [0.2, 0.25) is 0 Å². The number of nitrogens with zero attached hydrogens (tertiary/aromatic N) is 1. The van der Waals surface area contributed by atoms with E-state index >= 15 is 0 Å². The average molecular weight is 529 g/mol. The Hall–Kier alpha value is -1.39. The van der Waals surface area contributed by atoms with Crippen molar-refractivity contribution in [3.05, 3.63) is 23.8 Å². The first-order valence-corrected chi connectivity index (χ1v) is 9.78. The molecule has 1 aromatic rings. The summed E-state index contributed by atoms with van der Waals surface area (Å²) in [5.74, 6) is 0.773. The first-order valence-electron chi connectivity index (χ1n) is 9.78. The molecule has 0 aliphatic heterocycles. The maximum Gasteiger partial charge on any atom is 0.391 e. The van der Waals surface area contributed by atoms with Crippen molar-refractivity contribution in [1.29, 1.82) is 0 Å². The van der Waals surface area contributed by atoms with E-state index in [1.165, 1.54) is 0 Å². The number of hydrogen-bond acceptors (Lipinski definition) is 3. The van der Waals surface area contributed by atoms with Crippen molar-refractivity contribution in [2.75, 3.05) is 20.3 Å². The van der Waals surface area contributed by atoms with Gasteiger partial charge in [0.05, 0.1) is 26.2 Å². The second-order valence-corrected chi connectivity index (χ2v) is 6.85. The first-order chi connectivity index (χ1) is 13.4. The Balaban J connectivity index is 0.00000420. The Morgan fingerprint density at radius 3 is 2.38 bits per heavy atom. The number of alkyl halides is 3. The maximum atomic E-state index is 12.8. The van der Waals surface area contributed by atoms with Gasteiger partial charge in [-0.2, -0.15) is 13.2 Å². The number of rotatable bonds is 7. The normalized spacial score (nSPS) is 19.9. The molecule has 0 unspecified atom stereocenters. The van der Waals surface area contributed by atoms with Gasteiger partial charge in [0.15, 0.2) is 17.5 Å². The van der Waals surface area contributed by atoms with E-state index in [1.54, 1.807) is 7.11 Å². The molecule has 1 saturated carbocycles. The predicted molar refractivity (Wildman–Crippen MR) is 119 cm³/mol.